The van der Waals surface area contributed by atoms with Gasteiger partial charge in [-0.25, -0.2) is 13.4 Å². The van der Waals surface area contributed by atoms with Gasteiger partial charge < -0.3 is 5.73 Å². The van der Waals surface area contributed by atoms with Crippen LogP contribution in [0.5, 0.6) is 0 Å². The predicted octanol–water partition coefficient (Wildman–Crippen LogP) is 1.80. The minimum absolute atomic E-state index is 0.0407. The molecule has 2 heterocycles. The van der Waals surface area contributed by atoms with Gasteiger partial charge in [0.05, 0.1) is 22.2 Å². The molecular formula is C12H20N2O2S2. The number of hydrogen-bond donors (Lipinski definition) is 1. The molecule has 0 radical (unpaired) electrons. The molecule has 1 aromatic heterocycles. The number of aromatic nitrogens is 1. The molecule has 1 unspecified atom stereocenters. The Morgan fingerprint density at radius 2 is 2.11 bits per heavy atom. The average molecular weight is 288 g/mol. The molecule has 1 aliphatic rings. The first kappa shape index (κ1) is 14.0. The highest BCUT2D eigenvalue weighted by Crippen LogP contribution is 2.36. The molecule has 0 aliphatic carbocycles. The molecule has 2 N–H and O–H groups in total. The van der Waals surface area contributed by atoms with Gasteiger partial charge in [0.1, 0.15) is 0 Å². The summed E-state index contributed by atoms with van der Waals surface area (Å²) in [6, 6.07) is 0. The van der Waals surface area contributed by atoms with Crippen LogP contribution in [0.4, 0.5) is 0 Å². The lowest BCUT2D eigenvalue weighted by Crippen LogP contribution is -2.15. The molecule has 1 aromatic rings. The largest absolute Gasteiger partial charge is 0.326 e. The molecule has 18 heavy (non-hydrogen) atoms. The Morgan fingerprint density at radius 3 is 2.50 bits per heavy atom. The van der Waals surface area contributed by atoms with E-state index in [1.165, 1.54) is 0 Å². The Morgan fingerprint density at radius 1 is 1.44 bits per heavy atom. The van der Waals surface area contributed by atoms with E-state index in [1.54, 1.807) is 11.3 Å². The number of hydrogen-bond acceptors (Lipinski definition) is 5. The summed E-state index contributed by atoms with van der Waals surface area (Å²) in [4.78, 5) is 5.76. The van der Waals surface area contributed by atoms with Crippen molar-refractivity contribution in [3.05, 3.63) is 15.6 Å². The lowest BCUT2D eigenvalue weighted by molar-refractivity contribution is 0.562. The summed E-state index contributed by atoms with van der Waals surface area (Å²) in [5, 5.41) is 0.946. The summed E-state index contributed by atoms with van der Waals surface area (Å²) < 4.78 is 23.0. The third-order valence-electron chi connectivity index (χ3n) is 3.19. The van der Waals surface area contributed by atoms with Crippen molar-refractivity contribution in [3.63, 3.8) is 0 Å². The number of nitrogens with two attached hydrogens (primary N) is 1. The molecule has 1 aliphatic heterocycles. The molecule has 102 valence electrons. The minimum Gasteiger partial charge on any atom is -0.326 e. The minimum atomic E-state index is -2.85. The van der Waals surface area contributed by atoms with Crippen LogP contribution in [0.1, 0.15) is 48.7 Å². The lowest BCUT2D eigenvalue weighted by atomic mass is 9.91. The predicted molar refractivity (Wildman–Crippen MR) is 74.7 cm³/mol. The van der Waals surface area contributed by atoms with Gasteiger partial charge in [-0.05, 0) is 6.42 Å². The van der Waals surface area contributed by atoms with Crippen molar-refractivity contribution in [2.45, 2.75) is 45.1 Å². The third-order valence-corrected chi connectivity index (χ3v) is 6.20. The Balaban J connectivity index is 2.34. The first-order chi connectivity index (χ1) is 8.23. The molecule has 1 saturated heterocycles. The summed E-state index contributed by atoms with van der Waals surface area (Å²) >= 11 is 1.58. The molecule has 0 saturated carbocycles. The fourth-order valence-corrected chi connectivity index (χ4v) is 5.40. The van der Waals surface area contributed by atoms with Crippen molar-refractivity contribution >= 4 is 21.2 Å². The van der Waals surface area contributed by atoms with Crippen LogP contribution >= 0.6 is 11.3 Å². The van der Waals surface area contributed by atoms with Gasteiger partial charge in [-0.1, -0.05) is 20.8 Å². The van der Waals surface area contributed by atoms with E-state index in [0.717, 1.165) is 15.6 Å². The Bertz CT molecular complexity index is 541. The first-order valence-corrected chi connectivity index (χ1v) is 8.77. The Labute approximate surface area is 113 Å². The molecular weight excluding hydrogens is 268 g/mol. The maximum absolute atomic E-state index is 11.5. The second kappa shape index (κ2) is 4.58. The molecule has 1 fully saturated rings. The van der Waals surface area contributed by atoms with E-state index in [0.29, 0.717) is 18.7 Å². The molecule has 1 atom stereocenters. The average Bonchev–Trinajstić information content (AvgIpc) is 2.79. The molecule has 4 nitrogen and oxygen atoms in total. The number of nitrogens with zero attached hydrogens (tertiary/aromatic N) is 1. The normalized spacial score (nSPS) is 23.4. The van der Waals surface area contributed by atoms with Gasteiger partial charge in [0, 0.05) is 22.8 Å². The van der Waals surface area contributed by atoms with Crippen LogP contribution in [0.25, 0.3) is 0 Å². The van der Waals surface area contributed by atoms with E-state index < -0.39 is 9.84 Å². The number of rotatable bonds is 2. The van der Waals surface area contributed by atoms with Gasteiger partial charge in [-0.15, -0.1) is 11.3 Å². The molecule has 0 spiro atoms. The smallest absolute Gasteiger partial charge is 0.151 e. The maximum Gasteiger partial charge on any atom is 0.151 e. The maximum atomic E-state index is 11.5. The van der Waals surface area contributed by atoms with E-state index in [1.807, 2.05) is 0 Å². The molecule has 0 bridgehead atoms. The zero-order valence-electron chi connectivity index (χ0n) is 11.1. The molecule has 6 heteroatoms. The second-order valence-corrected chi connectivity index (χ2v) is 9.22. The summed E-state index contributed by atoms with van der Waals surface area (Å²) in [5.41, 5.74) is 6.75. The highest BCUT2D eigenvalue weighted by atomic mass is 32.2. The Kier molecular flexibility index (Phi) is 3.55. The van der Waals surface area contributed by atoms with E-state index in [-0.39, 0.29) is 17.1 Å². The fourth-order valence-electron chi connectivity index (χ4n) is 2.26. The van der Waals surface area contributed by atoms with Crippen LogP contribution in [-0.4, -0.2) is 24.9 Å². The first-order valence-electron chi connectivity index (χ1n) is 6.13. The van der Waals surface area contributed by atoms with Crippen LogP contribution in [0.2, 0.25) is 0 Å². The van der Waals surface area contributed by atoms with E-state index in [9.17, 15) is 8.42 Å². The van der Waals surface area contributed by atoms with E-state index in [2.05, 4.69) is 25.8 Å². The van der Waals surface area contributed by atoms with Gasteiger partial charge in [-0.2, -0.15) is 0 Å². The molecule has 2 rings (SSSR count). The van der Waals surface area contributed by atoms with Crippen molar-refractivity contribution in [2.75, 3.05) is 11.5 Å². The van der Waals surface area contributed by atoms with E-state index >= 15 is 0 Å². The van der Waals surface area contributed by atoms with Gasteiger partial charge >= 0.3 is 0 Å². The molecule has 0 amide bonds. The van der Waals surface area contributed by atoms with Crippen LogP contribution in [-0.2, 0) is 21.8 Å². The summed E-state index contributed by atoms with van der Waals surface area (Å²) in [7, 11) is -2.85. The summed E-state index contributed by atoms with van der Waals surface area (Å²) in [5.74, 6) is 0.607. The summed E-state index contributed by atoms with van der Waals surface area (Å²) in [6.45, 7) is 6.80. The fraction of sp³-hybridized carbons (Fsp3) is 0.750. The highest BCUT2D eigenvalue weighted by molar-refractivity contribution is 7.91. The monoisotopic (exact) mass is 288 g/mol. The standard InChI is InChI=1S/C12H20N2O2S2/c1-12(2,3)10-9(6-13)17-11(14-10)8-4-5-18(15,16)7-8/h8H,4-7,13H2,1-3H3. The Hall–Kier alpha value is -0.460. The lowest BCUT2D eigenvalue weighted by Gasteiger charge is -2.17. The van der Waals surface area contributed by atoms with Gasteiger partial charge in [0.2, 0.25) is 0 Å². The van der Waals surface area contributed by atoms with Crippen molar-refractivity contribution in [1.29, 1.82) is 0 Å². The van der Waals surface area contributed by atoms with Crippen LogP contribution in [0.15, 0.2) is 0 Å². The zero-order chi connectivity index (χ0) is 13.6. The van der Waals surface area contributed by atoms with Crippen LogP contribution < -0.4 is 5.73 Å². The zero-order valence-corrected chi connectivity index (χ0v) is 12.7. The van der Waals surface area contributed by atoms with Crippen LogP contribution in [0, 0.1) is 0 Å². The van der Waals surface area contributed by atoms with E-state index in [4.69, 9.17) is 5.73 Å². The highest BCUT2D eigenvalue weighted by Gasteiger charge is 2.33. The van der Waals surface area contributed by atoms with Crippen molar-refractivity contribution in [3.8, 4) is 0 Å². The second-order valence-electron chi connectivity index (χ2n) is 5.88. The van der Waals surface area contributed by atoms with Crippen molar-refractivity contribution < 1.29 is 8.42 Å². The van der Waals surface area contributed by atoms with Crippen LogP contribution in [0.3, 0.4) is 0 Å². The van der Waals surface area contributed by atoms with Crippen molar-refractivity contribution in [1.82, 2.24) is 4.98 Å². The van der Waals surface area contributed by atoms with Gasteiger partial charge in [-0.3, -0.25) is 0 Å². The number of thiazole rings is 1. The quantitative estimate of drug-likeness (QED) is 0.900. The van der Waals surface area contributed by atoms with Crippen molar-refractivity contribution in [2.24, 2.45) is 5.73 Å². The summed E-state index contributed by atoms with van der Waals surface area (Å²) in [6.07, 6.45) is 0.698. The third kappa shape index (κ3) is 2.75. The van der Waals surface area contributed by atoms with Gasteiger partial charge in [0.25, 0.3) is 0 Å². The van der Waals surface area contributed by atoms with Gasteiger partial charge in [0.15, 0.2) is 9.84 Å². The number of sulfone groups is 1. The molecule has 0 aromatic carbocycles. The SMILES string of the molecule is CC(C)(C)c1nc(C2CCS(=O)(=O)C2)sc1CN. The topological polar surface area (TPSA) is 73.0 Å².